The molecule has 3 heteroatoms. The average Bonchev–Trinajstić information content (AvgIpc) is 2.61. The maximum atomic E-state index is 12.8. The van der Waals surface area contributed by atoms with E-state index < -0.39 is 0 Å². The van der Waals surface area contributed by atoms with Gasteiger partial charge in [0.05, 0.1) is 0 Å². The van der Waals surface area contributed by atoms with Crippen LogP contribution in [0.25, 0.3) is 0 Å². The van der Waals surface area contributed by atoms with E-state index in [9.17, 15) is 4.79 Å². The lowest BCUT2D eigenvalue weighted by Gasteiger charge is -2.33. The Morgan fingerprint density at radius 3 is 2.17 bits per heavy atom. The molecule has 1 aliphatic rings. The van der Waals surface area contributed by atoms with Gasteiger partial charge in [-0.25, -0.2) is 0 Å². The monoisotopic (exact) mass is 308 g/mol. The van der Waals surface area contributed by atoms with Gasteiger partial charge in [-0.15, -0.1) is 0 Å². The summed E-state index contributed by atoms with van der Waals surface area (Å²) >= 11 is 0. The largest absolute Gasteiger partial charge is 0.340 e. The maximum absolute atomic E-state index is 12.8. The minimum atomic E-state index is 0.120. The van der Waals surface area contributed by atoms with Crippen LogP contribution in [0.1, 0.15) is 30.4 Å². The third-order valence-electron chi connectivity index (χ3n) is 4.50. The number of carbonyl (C=O) groups excluding carboxylic acids is 1. The summed E-state index contributed by atoms with van der Waals surface area (Å²) in [6, 6.07) is 21.1. The van der Waals surface area contributed by atoms with Crippen molar-refractivity contribution in [2.45, 2.75) is 25.3 Å². The molecular weight excluding hydrogens is 284 g/mol. The Morgan fingerprint density at radius 1 is 1.09 bits per heavy atom. The lowest BCUT2D eigenvalue weighted by Crippen LogP contribution is -2.51. The van der Waals surface area contributed by atoms with Gasteiger partial charge in [-0.2, -0.15) is 0 Å². The van der Waals surface area contributed by atoms with Crippen molar-refractivity contribution < 1.29 is 4.79 Å². The SMILES string of the molecule is CC1CN(C(=O)CC(c2ccccc2)c2ccccc2)CCN1. The molecule has 0 bridgehead atoms. The van der Waals surface area contributed by atoms with Gasteiger partial charge in [0.1, 0.15) is 0 Å². The highest BCUT2D eigenvalue weighted by Crippen LogP contribution is 2.28. The summed E-state index contributed by atoms with van der Waals surface area (Å²) in [5.41, 5.74) is 2.41. The Balaban J connectivity index is 1.80. The molecule has 1 atom stereocenters. The molecule has 1 saturated heterocycles. The minimum absolute atomic E-state index is 0.120. The standard InChI is InChI=1S/C20H24N2O/c1-16-15-22(13-12-21-16)20(23)14-19(17-8-4-2-5-9-17)18-10-6-3-7-11-18/h2-11,16,19,21H,12-15H2,1H3. The predicted octanol–water partition coefficient (Wildman–Crippen LogP) is 3.03. The highest BCUT2D eigenvalue weighted by Gasteiger charge is 2.24. The fourth-order valence-electron chi connectivity index (χ4n) is 3.26. The zero-order chi connectivity index (χ0) is 16.1. The average molecular weight is 308 g/mol. The lowest BCUT2D eigenvalue weighted by molar-refractivity contribution is -0.132. The van der Waals surface area contributed by atoms with E-state index in [0.29, 0.717) is 12.5 Å². The predicted molar refractivity (Wildman–Crippen MR) is 93.4 cm³/mol. The quantitative estimate of drug-likeness (QED) is 0.941. The summed E-state index contributed by atoms with van der Waals surface area (Å²) in [5.74, 6) is 0.367. The zero-order valence-corrected chi connectivity index (χ0v) is 13.6. The van der Waals surface area contributed by atoms with Crippen LogP contribution in [0.2, 0.25) is 0 Å². The van der Waals surface area contributed by atoms with Crippen molar-refractivity contribution in [3.63, 3.8) is 0 Å². The number of nitrogens with one attached hydrogen (secondary N) is 1. The number of rotatable bonds is 4. The molecule has 23 heavy (non-hydrogen) atoms. The first-order chi connectivity index (χ1) is 11.2. The second-order valence-electron chi connectivity index (χ2n) is 6.27. The lowest BCUT2D eigenvalue weighted by atomic mass is 9.88. The molecule has 1 N–H and O–H groups in total. The number of hydrogen-bond donors (Lipinski definition) is 1. The van der Waals surface area contributed by atoms with Gasteiger partial charge >= 0.3 is 0 Å². The van der Waals surface area contributed by atoms with Crippen molar-refractivity contribution in [3.8, 4) is 0 Å². The topological polar surface area (TPSA) is 32.3 Å². The number of benzene rings is 2. The van der Waals surface area contributed by atoms with E-state index in [1.165, 1.54) is 11.1 Å². The molecule has 2 aromatic carbocycles. The Morgan fingerprint density at radius 2 is 1.65 bits per heavy atom. The van der Waals surface area contributed by atoms with Crippen LogP contribution < -0.4 is 5.32 Å². The number of amides is 1. The molecule has 3 rings (SSSR count). The van der Waals surface area contributed by atoms with Crippen molar-refractivity contribution in [2.24, 2.45) is 0 Å². The Bertz CT molecular complexity index is 587. The Kier molecular flexibility index (Phi) is 5.09. The first kappa shape index (κ1) is 15.8. The second kappa shape index (κ2) is 7.42. The van der Waals surface area contributed by atoms with Crippen molar-refractivity contribution in [3.05, 3.63) is 71.8 Å². The molecule has 0 radical (unpaired) electrons. The van der Waals surface area contributed by atoms with E-state index in [0.717, 1.165) is 19.6 Å². The highest BCUT2D eigenvalue weighted by atomic mass is 16.2. The van der Waals surface area contributed by atoms with Crippen LogP contribution in [-0.2, 0) is 4.79 Å². The van der Waals surface area contributed by atoms with Gasteiger partial charge in [-0.1, -0.05) is 60.7 Å². The van der Waals surface area contributed by atoms with E-state index in [1.807, 2.05) is 41.3 Å². The van der Waals surface area contributed by atoms with Gasteiger partial charge < -0.3 is 10.2 Å². The van der Waals surface area contributed by atoms with Gasteiger partial charge in [0.15, 0.2) is 0 Å². The molecule has 3 nitrogen and oxygen atoms in total. The molecule has 0 saturated carbocycles. The summed E-state index contributed by atoms with van der Waals surface area (Å²) in [6.07, 6.45) is 0.529. The van der Waals surface area contributed by atoms with Crippen LogP contribution in [0.15, 0.2) is 60.7 Å². The molecule has 0 aliphatic carbocycles. The van der Waals surface area contributed by atoms with Gasteiger partial charge in [0.2, 0.25) is 5.91 Å². The van der Waals surface area contributed by atoms with Gasteiger partial charge in [0.25, 0.3) is 0 Å². The molecule has 0 spiro atoms. The summed E-state index contributed by atoms with van der Waals surface area (Å²) < 4.78 is 0. The minimum Gasteiger partial charge on any atom is -0.340 e. The number of hydrogen-bond acceptors (Lipinski definition) is 2. The third-order valence-corrected chi connectivity index (χ3v) is 4.50. The molecule has 0 aromatic heterocycles. The molecule has 1 amide bonds. The van der Waals surface area contributed by atoms with Gasteiger partial charge in [0, 0.05) is 38.0 Å². The van der Waals surface area contributed by atoms with Crippen molar-refractivity contribution in [2.75, 3.05) is 19.6 Å². The molecule has 2 aromatic rings. The van der Waals surface area contributed by atoms with Crippen LogP contribution >= 0.6 is 0 Å². The summed E-state index contributed by atoms with van der Waals surface area (Å²) in [6.45, 7) is 4.62. The van der Waals surface area contributed by atoms with E-state index >= 15 is 0 Å². The third kappa shape index (κ3) is 3.99. The Hall–Kier alpha value is -2.13. The number of nitrogens with zero attached hydrogens (tertiary/aromatic N) is 1. The van der Waals surface area contributed by atoms with Crippen molar-refractivity contribution in [1.82, 2.24) is 10.2 Å². The van der Waals surface area contributed by atoms with E-state index in [-0.39, 0.29) is 11.8 Å². The van der Waals surface area contributed by atoms with Crippen LogP contribution in [0.4, 0.5) is 0 Å². The summed E-state index contributed by atoms with van der Waals surface area (Å²) in [5, 5.41) is 3.39. The number of piperazine rings is 1. The van der Waals surface area contributed by atoms with E-state index in [1.54, 1.807) is 0 Å². The van der Waals surface area contributed by atoms with Crippen molar-refractivity contribution >= 4 is 5.91 Å². The first-order valence-corrected chi connectivity index (χ1v) is 8.35. The van der Waals surface area contributed by atoms with Gasteiger partial charge in [-0.05, 0) is 18.1 Å². The van der Waals surface area contributed by atoms with Crippen LogP contribution in [-0.4, -0.2) is 36.5 Å². The van der Waals surface area contributed by atoms with Crippen LogP contribution in [0.5, 0.6) is 0 Å². The molecule has 1 fully saturated rings. The molecule has 120 valence electrons. The van der Waals surface area contributed by atoms with E-state index in [2.05, 4.69) is 36.5 Å². The highest BCUT2D eigenvalue weighted by molar-refractivity contribution is 5.78. The second-order valence-corrected chi connectivity index (χ2v) is 6.27. The fourth-order valence-corrected chi connectivity index (χ4v) is 3.26. The maximum Gasteiger partial charge on any atom is 0.223 e. The molecule has 1 heterocycles. The molecular formula is C20H24N2O. The van der Waals surface area contributed by atoms with Gasteiger partial charge in [-0.3, -0.25) is 4.79 Å². The van der Waals surface area contributed by atoms with Crippen LogP contribution in [0.3, 0.4) is 0 Å². The van der Waals surface area contributed by atoms with E-state index in [4.69, 9.17) is 0 Å². The van der Waals surface area contributed by atoms with Crippen LogP contribution in [0, 0.1) is 0 Å². The first-order valence-electron chi connectivity index (χ1n) is 8.35. The van der Waals surface area contributed by atoms with Crippen molar-refractivity contribution in [1.29, 1.82) is 0 Å². The smallest absolute Gasteiger partial charge is 0.223 e. The summed E-state index contributed by atoms with van der Waals surface area (Å²) in [4.78, 5) is 14.8. The summed E-state index contributed by atoms with van der Waals surface area (Å²) in [7, 11) is 0. The number of carbonyl (C=O) groups is 1. The Labute approximate surface area is 138 Å². The zero-order valence-electron chi connectivity index (χ0n) is 13.6. The fraction of sp³-hybridized carbons (Fsp3) is 0.350. The molecule has 1 aliphatic heterocycles. The molecule has 1 unspecified atom stereocenters. The normalized spacial score (nSPS) is 18.2.